The predicted octanol–water partition coefficient (Wildman–Crippen LogP) is 1.26. The van der Waals surface area contributed by atoms with Crippen molar-refractivity contribution >= 4 is 16.8 Å². The van der Waals surface area contributed by atoms with Crippen molar-refractivity contribution in [3.63, 3.8) is 0 Å². The Morgan fingerprint density at radius 3 is 3.04 bits per heavy atom. The van der Waals surface area contributed by atoms with Gasteiger partial charge in [0.25, 0.3) is 0 Å². The van der Waals surface area contributed by atoms with Crippen LogP contribution in [0.15, 0.2) is 30.5 Å². The molecule has 6 heteroatoms. The van der Waals surface area contributed by atoms with E-state index in [1.807, 2.05) is 18.2 Å². The fourth-order valence-corrected chi connectivity index (χ4v) is 3.21. The molecule has 2 aromatic rings. The number of nitrogens with two attached hydrogens (primary N) is 1. The summed E-state index contributed by atoms with van der Waals surface area (Å²) < 4.78 is 5.25. The molecule has 1 fully saturated rings. The maximum atomic E-state index is 11.5. The predicted molar refractivity (Wildman–Crippen MR) is 86.7 cm³/mol. The number of nitrogens with zero attached hydrogens (tertiary/aromatic N) is 1. The lowest BCUT2D eigenvalue weighted by Gasteiger charge is -2.31. The first kappa shape index (κ1) is 15.7. The molecule has 0 spiro atoms. The van der Waals surface area contributed by atoms with Gasteiger partial charge in [-0.15, -0.1) is 0 Å². The third-order valence-electron chi connectivity index (χ3n) is 4.36. The topological polar surface area (TPSA) is 97.5 Å². The van der Waals surface area contributed by atoms with Gasteiger partial charge >= 0.3 is 0 Å². The van der Waals surface area contributed by atoms with Crippen molar-refractivity contribution in [2.24, 2.45) is 11.7 Å². The van der Waals surface area contributed by atoms with Crippen molar-refractivity contribution in [3.05, 3.63) is 36.0 Å². The Balaban J connectivity index is 1.95. The van der Waals surface area contributed by atoms with Gasteiger partial charge in [0, 0.05) is 30.1 Å². The number of carbonyl (C=O) groups excluding carboxylic acids is 1. The molecule has 6 nitrogen and oxygen atoms in total. The minimum Gasteiger partial charge on any atom is -0.497 e. The van der Waals surface area contributed by atoms with E-state index in [9.17, 15) is 9.90 Å². The van der Waals surface area contributed by atoms with Crippen LogP contribution in [0.5, 0.6) is 5.75 Å². The molecule has 1 aliphatic heterocycles. The number of benzene rings is 1. The highest BCUT2D eigenvalue weighted by atomic mass is 16.5. The lowest BCUT2D eigenvalue weighted by atomic mass is 9.85. The van der Waals surface area contributed by atoms with Crippen LogP contribution in [-0.4, -0.2) is 29.7 Å². The number of fused-ring (bicyclic) bond motifs is 1. The summed E-state index contributed by atoms with van der Waals surface area (Å²) in [5.74, 6) is 0.755. The number of ether oxygens (including phenoxy) is 1. The average molecular weight is 315 g/mol. The number of hydrogen-bond donors (Lipinski definition) is 3. The van der Waals surface area contributed by atoms with Crippen molar-refractivity contribution in [2.75, 3.05) is 13.7 Å². The van der Waals surface area contributed by atoms with E-state index in [0.717, 1.165) is 17.3 Å². The number of methoxy groups -OCH3 is 1. The molecule has 1 aromatic carbocycles. The molecule has 0 saturated carbocycles. The van der Waals surface area contributed by atoms with E-state index in [-0.39, 0.29) is 11.8 Å². The van der Waals surface area contributed by atoms with Crippen molar-refractivity contribution < 1.29 is 14.6 Å². The third-order valence-corrected chi connectivity index (χ3v) is 4.36. The maximum absolute atomic E-state index is 11.5. The zero-order chi connectivity index (χ0) is 16.4. The third kappa shape index (κ3) is 3.28. The van der Waals surface area contributed by atoms with E-state index < -0.39 is 5.72 Å². The van der Waals surface area contributed by atoms with Crippen LogP contribution in [-0.2, 0) is 10.5 Å². The van der Waals surface area contributed by atoms with E-state index >= 15 is 0 Å². The van der Waals surface area contributed by atoms with Crippen LogP contribution >= 0.6 is 0 Å². The number of amides is 1. The molecule has 1 saturated heterocycles. The van der Waals surface area contributed by atoms with Gasteiger partial charge in [-0.3, -0.25) is 15.5 Å². The molecule has 1 unspecified atom stereocenters. The Morgan fingerprint density at radius 2 is 2.30 bits per heavy atom. The number of nitrogens with one attached hydrogen (secondary N) is 1. The molecule has 0 aliphatic carbocycles. The van der Waals surface area contributed by atoms with Gasteiger partial charge in [-0.2, -0.15) is 0 Å². The molecule has 1 aliphatic rings. The van der Waals surface area contributed by atoms with Crippen LogP contribution in [0.1, 0.15) is 24.8 Å². The minimum atomic E-state index is -1.52. The molecule has 4 N–H and O–H groups in total. The number of carbonyl (C=O) groups is 1. The summed E-state index contributed by atoms with van der Waals surface area (Å²) in [6.45, 7) is 0.629. The molecule has 2 heterocycles. The molecule has 1 aromatic heterocycles. The molecule has 23 heavy (non-hydrogen) atoms. The SMILES string of the molecule is COc1ccc2nccc([C@](N)(O)CC3CCNC(=O)C3)c2c1. The van der Waals surface area contributed by atoms with Crippen LogP contribution in [0.25, 0.3) is 10.9 Å². The number of pyridine rings is 1. The van der Waals surface area contributed by atoms with Crippen molar-refractivity contribution in [1.82, 2.24) is 10.3 Å². The Morgan fingerprint density at radius 1 is 1.48 bits per heavy atom. The second-order valence-corrected chi connectivity index (χ2v) is 6.08. The van der Waals surface area contributed by atoms with Crippen LogP contribution in [0.4, 0.5) is 0 Å². The van der Waals surface area contributed by atoms with Crippen LogP contribution in [0.2, 0.25) is 0 Å². The average Bonchev–Trinajstić information content (AvgIpc) is 2.53. The van der Waals surface area contributed by atoms with E-state index in [1.54, 1.807) is 19.4 Å². The smallest absolute Gasteiger partial charge is 0.220 e. The summed E-state index contributed by atoms with van der Waals surface area (Å²) in [6, 6.07) is 7.20. The van der Waals surface area contributed by atoms with Gasteiger partial charge in [0.2, 0.25) is 5.91 Å². The summed E-state index contributed by atoms with van der Waals surface area (Å²) in [5, 5.41) is 14.4. The van der Waals surface area contributed by atoms with E-state index in [1.165, 1.54) is 0 Å². The zero-order valence-electron chi connectivity index (χ0n) is 13.1. The van der Waals surface area contributed by atoms with E-state index in [4.69, 9.17) is 10.5 Å². The molecular weight excluding hydrogens is 294 g/mol. The van der Waals surface area contributed by atoms with Crippen LogP contribution in [0.3, 0.4) is 0 Å². The first-order valence-corrected chi connectivity index (χ1v) is 7.71. The first-order chi connectivity index (χ1) is 11.0. The number of rotatable bonds is 4. The Labute approximate surface area is 134 Å². The van der Waals surface area contributed by atoms with Gasteiger partial charge in [0.05, 0.1) is 12.6 Å². The molecule has 1 amide bonds. The number of aromatic nitrogens is 1. The molecular formula is C17H21N3O3. The normalized spacial score (nSPS) is 20.8. The molecule has 3 rings (SSSR count). The second kappa shape index (κ2) is 6.14. The lowest BCUT2D eigenvalue weighted by molar-refractivity contribution is -0.124. The Bertz CT molecular complexity index is 730. The highest BCUT2D eigenvalue weighted by Gasteiger charge is 2.32. The van der Waals surface area contributed by atoms with Crippen molar-refractivity contribution in [3.8, 4) is 5.75 Å². The highest BCUT2D eigenvalue weighted by molar-refractivity contribution is 5.84. The summed E-state index contributed by atoms with van der Waals surface area (Å²) in [5.41, 5.74) is 6.06. The number of hydrogen-bond acceptors (Lipinski definition) is 5. The molecule has 122 valence electrons. The monoisotopic (exact) mass is 315 g/mol. The standard InChI is InChI=1S/C17H21N3O3/c1-23-12-2-3-15-13(9-12)14(5-7-19-15)17(18,22)10-11-4-6-20-16(21)8-11/h2-3,5,7,9,11,22H,4,6,8,10,18H2,1H3,(H,20,21)/t11?,17-/m1/s1. The van der Waals surface area contributed by atoms with Gasteiger partial charge < -0.3 is 15.2 Å². The summed E-state index contributed by atoms with van der Waals surface area (Å²) in [6.07, 6.45) is 3.18. The number of piperidine rings is 1. The highest BCUT2D eigenvalue weighted by Crippen LogP contribution is 2.33. The van der Waals surface area contributed by atoms with Crippen molar-refractivity contribution in [2.45, 2.75) is 25.0 Å². The second-order valence-electron chi connectivity index (χ2n) is 6.08. The number of aliphatic hydroxyl groups is 1. The lowest BCUT2D eigenvalue weighted by Crippen LogP contribution is -2.42. The quantitative estimate of drug-likeness (QED) is 0.738. The van der Waals surface area contributed by atoms with E-state index in [0.29, 0.717) is 30.7 Å². The van der Waals surface area contributed by atoms with Gasteiger partial charge in [-0.25, -0.2) is 0 Å². The fourth-order valence-electron chi connectivity index (χ4n) is 3.21. The first-order valence-electron chi connectivity index (χ1n) is 7.71. The maximum Gasteiger partial charge on any atom is 0.220 e. The van der Waals surface area contributed by atoms with Gasteiger partial charge in [-0.05, 0) is 43.0 Å². The van der Waals surface area contributed by atoms with Gasteiger partial charge in [0.15, 0.2) is 0 Å². The van der Waals surface area contributed by atoms with Gasteiger partial charge in [-0.1, -0.05) is 0 Å². The minimum absolute atomic E-state index is 0.0123. The van der Waals surface area contributed by atoms with Crippen LogP contribution < -0.4 is 15.8 Å². The van der Waals surface area contributed by atoms with E-state index in [2.05, 4.69) is 10.3 Å². The zero-order valence-corrected chi connectivity index (χ0v) is 13.1. The summed E-state index contributed by atoms with van der Waals surface area (Å²) in [4.78, 5) is 15.8. The molecule has 2 atom stereocenters. The summed E-state index contributed by atoms with van der Waals surface area (Å²) >= 11 is 0. The Hall–Kier alpha value is -2.18. The fraction of sp³-hybridized carbons (Fsp3) is 0.412. The molecule has 0 bridgehead atoms. The van der Waals surface area contributed by atoms with Gasteiger partial charge in [0.1, 0.15) is 11.5 Å². The van der Waals surface area contributed by atoms with Crippen LogP contribution in [0, 0.1) is 5.92 Å². The summed E-state index contributed by atoms with van der Waals surface area (Å²) in [7, 11) is 1.59. The largest absolute Gasteiger partial charge is 0.497 e. The Kier molecular flexibility index (Phi) is 4.19. The van der Waals surface area contributed by atoms with Crippen molar-refractivity contribution in [1.29, 1.82) is 0 Å². The molecule has 0 radical (unpaired) electrons.